The highest BCUT2D eigenvalue weighted by atomic mass is 35.5. The van der Waals surface area contributed by atoms with Gasteiger partial charge in [-0.25, -0.2) is 9.97 Å². The Morgan fingerprint density at radius 3 is 2.81 bits per heavy atom. The molecule has 0 aliphatic rings. The second-order valence-corrected chi connectivity index (χ2v) is 4.07. The van der Waals surface area contributed by atoms with E-state index in [2.05, 4.69) is 27.9 Å². The molecule has 3 rings (SSSR count). The number of rotatable bonds is 0. The van der Waals surface area contributed by atoms with Crippen LogP contribution in [-0.4, -0.2) is 15.0 Å². The van der Waals surface area contributed by atoms with E-state index >= 15 is 0 Å². The summed E-state index contributed by atoms with van der Waals surface area (Å²) in [4.78, 5) is 12.5. The Balaban J connectivity index is 2.44. The van der Waals surface area contributed by atoms with Crippen molar-refractivity contribution in [3.8, 4) is 0 Å². The maximum atomic E-state index is 5.73. The zero-order chi connectivity index (χ0) is 11.1. The fourth-order valence-electron chi connectivity index (χ4n) is 1.73. The molecule has 0 unspecified atom stereocenters. The monoisotopic (exact) mass is 229 g/mol. The molecule has 0 spiro atoms. The summed E-state index contributed by atoms with van der Waals surface area (Å²) < 4.78 is 0. The number of pyridine rings is 1. The van der Waals surface area contributed by atoms with E-state index in [1.165, 1.54) is 5.56 Å². The number of halogens is 1. The minimum Gasteiger partial charge on any atom is -0.228 e. The summed E-state index contributed by atoms with van der Waals surface area (Å²) in [7, 11) is 0. The predicted octanol–water partition coefficient (Wildman–Crippen LogP) is 3.14. The maximum Gasteiger partial charge on any atom is 0.224 e. The van der Waals surface area contributed by atoms with Crippen molar-refractivity contribution < 1.29 is 0 Å². The fraction of sp³-hybridized carbons (Fsp3) is 0.0833. The van der Waals surface area contributed by atoms with Crippen LogP contribution in [0.4, 0.5) is 0 Å². The third-order valence-corrected chi connectivity index (χ3v) is 2.67. The molecule has 1 aromatic carbocycles. The van der Waals surface area contributed by atoms with Crippen LogP contribution < -0.4 is 0 Å². The second kappa shape index (κ2) is 3.39. The molecule has 2 aromatic heterocycles. The van der Waals surface area contributed by atoms with Gasteiger partial charge in [-0.1, -0.05) is 11.6 Å². The van der Waals surface area contributed by atoms with Gasteiger partial charge in [0.25, 0.3) is 0 Å². The Bertz CT molecular complexity index is 633. The van der Waals surface area contributed by atoms with Gasteiger partial charge in [0.05, 0.1) is 5.52 Å². The fourth-order valence-corrected chi connectivity index (χ4v) is 1.85. The Morgan fingerprint density at radius 2 is 1.94 bits per heavy atom. The Hall–Kier alpha value is -1.74. The van der Waals surface area contributed by atoms with Crippen LogP contribution >= 0.6 is 11.6 Å². The molecule has 78 valence electrons. The standard InChI is InChI=1S/C12H8ClN3/c1-7-2-3-10-8(4-7)5-9-6-14-12(13)16-11(9)15-10/h2-6H,1H3. The van der Waals surface area contributed by atoms with E-state index in [0.717, 1.165) is 16.3 Å². The molecule has 0 atom stereocenters. The molecular formula is C12H8ClN3. The van der Waals surface area contributed by atoms with Crippen molar-refractivity contribution in [2.75, 3.05) is 0 Å². The van der Waals surface area contributed by atoms with Crippen molar-refractivity contribution in [2.45, 2.75) is 6.92 Å². The van der Waals surface area contributed by atoms with Gasteiger partial charge in [0.15, 0.2) is 5.65 Å². The third-order valence-electron chi connectivity index (χ3n) is 2.49. The van der Waals surface area contributed by atoms with Crippen molar-refractivity contribution in [2.24, 2.45) is 0 Å². The van der Waals surface area contributed by atoms with Crippen molar-refractivity contribution in [3.05, 3.63) is 41.3 Å². The lowest BCUT2D eigenvalue weighted by Crippen LogP contribution is -1.89. The molecule has 0 aliphatic carbocycles. The van der Waals surface area contributed by atoms with E-state index in [-0.39, 0.29) is 5.28 Å². The van der Waals surface area contributed by atoms with Gasteiger partial charge < -0.3 is 0 Å². The van der Waals surface area contributed by atoms with Crippen LogP contribution in [0.15, 0.2) is 30.5 Å². The molecule has 0 amide bonds. The van der Waals surface area contributed by atoms with Crippen LogP contribution in [0, 0.1) is 6.92 Å². The largest absolute Gasteiger partial charge is 0.228 e. The van der Waals surface area contributed by atoms with Gasteiger partial charge >= 0.3 is 0 Å². The molecule has 2 heterocycles. The summed E-state index contributed by atoms with van der Waals surface area (Å²) in [6.07, 6.45) is 1.69. The smallest absolute Gasteiger partial charge is 0.224 e. The molecule has 3 nitrogen and oxygen atoms in total. The zero-order valence-electron chi connectivity index (χ0n) is 8.61. The highest BCUT2D eigenvalue weighted by molar-refractivity contribution is 6.28. The third kappa shape index (κ3) is 1.49. The van der Waals surface area contributed by atoms with Crippen LogP contribution in [0.3, 0.4) is 0 Å². The Kier molecular flexibility index (Phi) is 2.01. The van der Waals surface area contributed by atoms with Crippen molar-refractivity contribution in [3.63, 3.8) is 0 Å². The molecule has 0 saturated carbocycles. The lowest BCUT2D eigenvalue weighted by Gasteiger charge is -2.01. The molecule has 0 radical (unpaired) electrons. The number of nitrogens with zero attached hydrogens (tertiary/aromatic N) is 3. The Morgan fingerprint density at radius 1 is 1.06 bits per heavy atom. The first-order valence-corrected chi connectivity index (χ1v) is 5.30. The molecule has 3 aromatic rings. The summed E-state index contributed by atoms with van der Waals surface area (Å²) in [5.41, 5.74) is 2.77. The van der Waals surface area contributed by atoms with Crippen LogP contribution in [-0.2, 0) is 0 Å². The van der Waals surface area contributed by atoms with Crippen molar-refractivity contribution in [1.29, 1.82) is 0 Å². The first-order chi connectivity index (χ1) is 7.72. The first-order valence-electron chi connectivity index (χ1n) is 4.92. The number of aromatic nitrogens is 3. The van der Waals surface area contributed by atoms with E-state index in [0.29, 0.717) is 5.65 Å². The predicted molar refractivity (Wildman–Crippen MR) is 64.6 cm³/mol. The summed E-state index contributed by atoms with van der Waals surface area (Å²) >= 11 is 5.73. The minimum atomic E-state index is 0.228. The number of hydrogen-bond donors (Lipinski definition) is 0. The highest BCUT2D eigenvalue weighted by Gasteiger charge is 2.02. The molecular weight excluding hydrogens is 222 g/mol. The number of benzene rings is 1. The van der Waals surface area contributed by atoms with E-state index < -0.39 is 0 Å². The second-order valence-electron chi connectivity index (χ2n) is 3.74. The van der Waals surface area contributed by atoms with Crippen LogP contribution in [0.2, 0.25) is 5.28 Å². The Labute approximate surface area is 97.1 Å². The minimum absolute atomic E-state index is 0.228. The lowest BCUT2D eigenvalue weighted by molar-refractivity contribution is 1.19. The molecule has 4 heteroatoms. The SMILES string of the molecule is Cc1ccc2nc3nc(Cl)ncc3cc2c1. The van der Waals surface area contributed by atoms with E-state index in [9.17, 15) is 0 Å². The summed E-state index contributed by atoms with van der Waals surface area (Å²) in [6.45, 7) is 2.06. The molecule has 0 N–H and O–H groups in total. The van der Waals surface area contributed by atoms with E-state index in [1.807, 2.05) is 18.2 Å². The number of fused-ring (bicyclic) bond motifs is 2. The zero-order valence-corrected chi connectivity index (χ0v) is 9.36. The average Bonchev–Trinajstić information content (AvgIpc) is 2.26. The molecule has 0 fully saturated rings. The lowest BCUT2D eigenvalue weighted by atomic mass is 10.1. The van der Waals surface area contributed by atoms with E-state index in [4.69, 9.17) is 11.6 Å². The average molecular weight is 230 g/mol. The van der Waals surface area contributed by atoms with Crippen molar-refractivity contribution in [1.82, 2.24) is 15.0 Å². The molecule has 16 heavy (non-hydrogen) atoms. The van der Waals surface area contributed by atoms with Crippen molar-refractivity contribution >= 4 is 33.5 Å². The van der Waals surface area contributed by atoms with Gasteiger partial charge in [-0.3, -0.25) is 0 Å². The normalized spacial score (nSPS) is 11.1. The maximum absolute atomic E-state index is 5.73. The topological polar surface area (TPSA) is 38.7 Å². The van der Waals surface area contributed by atoms with Crippen LogP contribution in [0.25, 0.3) is 21.9 Å². The van der Waals surface area contributed by atoms with Crippen LogP contribution in [0.1, 0.15) is 5.56 Å². The first kappa shape index (κ1) is 9.48. The molecule has 0 aliphatic heterocycles. The summed E-state index contributed by atoms with van der Waals surface area (Å²) in [5.74, 6) is 0. The quantitative estimate of drug-likeness (QED) is 0.439. The summed E-state index contributed by atoms with van der Waals surface area (Å²) in [6, 6.07) is 8.14. The van der Waals surface area contributed by atoms with Gasteiger partial charge in [-0.05, 0) is 36.7 Å². The van der Waals surface area contributed by atoms with E-state index in [1.54, 1.807) is 6.20 Å². The molecule has 0 bridgehead atoms. The van der Waals surface area contributed by atoms with Gasteiger partial charge in [0, 0.05) is 17.0 Å². The molecule has 0 saturated heterocycles. The van der Waals surface area contributed by atoms with Gasteiger partial charge in [-0.2, -0.15) is 4.98 Å². The number of hydrogen-bond acceptors (Lipinski definition) is 3. The summed E-state index contributed by atoms with van der Waals surface area (Å²) in [5, 5.41) is 2.23. The van der Waals surface area contributed by atoms with Gasteiger partial charge in [-0.15, -0.1) is 0 Å². The number of aryl methyl sites for hydroxylation is 1. The van der Waals surface area contributed by atoms with Crippen LogP contribution in [0.5, 0.6) is 0 Å². The van der Waals surface area contributed by atoms with Gasteiger partial charge in [0.1, 0.15) is 0 Å². The highest BCUT2D eigenvalue weighted by Crippen LogP contribution is 2.19. The van der Waals surface area contributed by atoms with Gasteiger partial charge in [0.2, 0.25) is 5.28 Å².